The van der Waals surface area contributed by atoms with Gasteiger partial charge in [-0.15, -0.1) is 0 Å². The quantitative estimate of drug-likeness (QED) is 0.899. The molecule has 0 aliphatic carbocycles. The van der Waals surface area contributed by atoms with Gasteiger partial charge in [0.2, 0.25) is 0 Å². The first-order chi connectivity index (χ1) is 8.96. The molecule has 2 heterocycles. The molecule has 0 aromatic carbocycles. The number of anilines is 1. The van der Waals surface area contributed by atoms with Crippen LogP contribution in [0.25, 0.3) is 0 Å². The molecule has 0 radical (unpaired) electrons. The highest BCUT2D eigenvalue weighted by molar-refractivity contribution is 5.52. The highest BCUT2D eigenvalue weighted by atomic mass is 15.3. The number of aromatic nitrogens is 1. The molecular weight excluding hydrogens is 236 g/mol. The average molecular weight is 262 g/mol. The summed E-state index contributed by atoms with van der Waals surface area (Å²) in [4.78, 5) is 9.13. The second-order valence-corrected chi connectivity index (χ2v) is 6.40. The molecule has 1 aromatic rings. The molecule has 1 aliphatic heterocycles. The van der Waals surface area contributed by atoms with Crippen molar-refractivity contribution in [3.05, 3.63) is 24.0 Å². The minimum absolute atomic E-state index is 0.142. The van der Waals surface area contributed by atoms with Crippen molar-refractivity contribution in [3.8, 4) is 0 Å². The first-order valence-corrected chi connectivity index (χ1v) is 7.07. The van der Waals surface area contributed by atoms with Crippen LogP contribution >= 0.6 is 0 Å². The van der Waals surface area contributed by atoms with E-state index in [1.165, 1.54) is 11.3 Å². The number of hydrogen-bond donors (Lipinski definition) is 1. The van der Waals surface area contributed by atoms with E-state index >= 15 is 0 Å². The smallest absolute Gasteiger partial charge is 0.0599 e. The summed E-state index contributed by atoms with van der Waals surface area (Å²) in [5.41, 5.74) is 2.77. The highest BCUT2D eigenvalue weighted by Crippen LogP contribution is 2.21. The molecule has 1 N–H and O–H groups in total. The average Bonchev–Trinajstić information content (AvgIpc) is 2.37. The molecule has 0 unspecified atom stereocenters. The predicted molar refractivity (Wildman–Crippen MR) is 80.5 cm³/mol. The molecule has 0 spiro atoms. The molecule has 1 aliphatic rings. The Kier molecular flexibility index (Phi) is 4.42. The third-order valence-corrected chi connectivity index (χ3v) is 3.54. The maximum atomic E-state index is 4.30. The van der Waals surface area contributed by atoms with E-state index in [2.05, 4.69) is 54.0 Å². The summed E-state index contributed by atoms with van der Waals surface area (Å²) in [6.45, 7) is 11.9. The fourth-order valence-electron chi connectivity index (χ4n) is 2.26. The van der Waals surface area contributed by atoms with Crippen molar-refractivity contribution in [2.75, 3.05) is 38.1 Å². The lowest BCUT2D eigenvalue weighted by Gasteiger charge is -2.35. The number of nitrogens with zero attached hydrogens (tertiary/aromatic N) is 3. The first kappa shape index (κ1) is 14.3. The van der Waals surface area contributed by atoms with Crippen LogP contribution in [0.3, 0.4) is 0 Å². The van der Waals surface area contributed by atoms with Gasteiger partial charge in [0.25, 0.3) is 0 Å². The lowest BCUT2D eigenvalue weighted by molar-refractivity contribution is 0.312. The van der Waals surface area contributed by atoms with E-state index in [1.807, 2.05) is 12.4 Å². The van der Waals surface area contributed by atoms with Gasteiger partial charge in [-0.3, -0.25) is 4.98 Å². The topological polar surface area (TPSA) is 31.4 Å². The Labute approximate surface area is 116 Å². The van der Waals surface area contributed by atoms with E-state index in [1.54, 1.807) is 0 Å². The zero-order valence-corrected chi connectivity index (χ0v) is 12.6. The summed E-state index contributed by atoms with van der Waals surface area (Å²) >= 11 is 0. The van der Waals surface area contributed by atoms with Crippen molar-refractivity contribution in [2.24, 2.45) is 0 Å². The lowest BCUT2D eigenvalue weighted by atomic mass is 10.1. The molecule has 19 heavy (non-hydrogen) atoms. The summed E-state index contributed by atoms with van der Waals surface area (Å²) in [6.07, 6.45) is 3.89. The second kappa shape index (κ2) is 5.88. The molecule has 0 atom stereocenters. The number of likely N-dealkylation sites (N-methyl/N-ethyl adjacent to an activating group) is 1. The van der Waals surface area contributed by atoms with E-state index in [0.29, 0.717) is 0 Å². The molecule has 0 saturated carbocycles. The fourth-order valence-corrected chi connectivity index (χ4v) is 2.26. The van der Waals surface area contributed by atoms with Gasteiger partial charge in [-0.1, -0.05) is 0 Å². The van der Waals surface area contributed by atoms with Gasteiger partial charge in [0.15, 0.2) is 0 Å². The monoisotopic (exact) mass is 262 g/mol. The summed E-state index contributed by atoms with van der Waals surface area (Å²) < 4.78 is 0. The van der Waals surface area contributed by atoms with Gasteiger partial charge in [-0.05, 0) is 39.4 Å². The number of nitrogens with one attached hydrogen (secondary N) is 1. The van der Waals surface area contributed by atoms with E-state index in [0.717, 1.165) is 32.7 Å². The van der Waals surface area contributed by atoms with Crippen molar-refractivity contribution in [1.29, 1.82) is 0 Å². The zero-order chi connectivity index (χ0) is 13.9. The van der Waals surface area contributed by atoms with Crippen LogP contribution in [0.15, 0.2) is 18.5 Å². The second-order valence-electron chi connectivity index (χ2n) is 6.40. The van der Waals surface area contributed by atoms with Crippen LogP contribution in [0.2, 0.25) is 0 Å². The summed E-state index contributed by atoms with van der Waals surface area (Å²) in [5.74, 6) is 0. The van der Waals surface area contributed by atoms with Crippen molar-refractivity contribution < 1.29 is 0 Å². The molecule has 2 rings (SSSR count). The van der Waals surface area contributed by atoms with E-state index < -0.39 is 0 Å². The minimum atomic E-state index is 0.142. The van der Waals surface area contributed by atoms with Gasteiger partial charge < -0.3 is 15.1 Å². The molecule has 4 heteroatoms. The molecule has 4 nitrogen and oxygen atoms in total. The maximum absolute atomic E-state index is 4.30. The highest BCUT2D eigenvalue weighted by Gasteiger charge is 2.18. The number of pyridine rings is 1. The Morgan fingerprint density at radius 2 is 1.89 bits per heavy atom. The van der Waals surface area contributed by atoms with Gasteiger partial charge in [0, 0.05) is 44.5 Å². The third-order valence-electron chi connectivity index (χ3n) is 3.54. The van der Waals surface area contributed by atoms with Gasteiger partial charge in [0.05, 0.1) is 11.9 Å². The fraction of sp³-hybridized carbons (Fsp3) is 0.667. The Morgan fingerprint density at radius 3 is 2.53 bits per heavy atom. The largest absolute Gasteiger partial charge is 0.367 e. The van der Waals surface area contributed by atoms with Crippen molar-refractivity contribution in [2.45, 2.75) is 32.9 Å². The Bertz CT molecular complexity index is 403. The van der Waals surface area contributed by atoms with Crippen molar-refractivity contribution in [1.82, 2.24) is 15.2 Å². The molecule has 106 valence electrons. The van der Waals surface area contributed by atoms with Crippen LogP contribution in [-0.4, -0.2) is 48.6 Å². The molecule has 0 amide bonds. The van der Waals surface area contributed by atoms with Crippen LogP contribution in [0.4, 0.5) is 5.69 Å². The maximum Gasteiger partial charge on any atom is 0.0599 e. The summed E-state index contributed by atoms with van der Waals surface area (Å²) in [7, 11) is 2.18. The zero-order valence-electron chi connectivity index (χ0n) is 12.6. The van der Waals surface area contributed by atoms with E-state index in [-0.39, 0.29) is 5.54 Å². The molecule has 1 fully saturated rings. The molecule has 1 saturated heterocycles. The van der Waals surface area contributed by atoms with Gasteiger partial charge in [-0.2, -0.15) is 0 Å². The first-order valence-electron chi connectivity index (χ1n) is 7.07. The van der Waals surface area contributed by atoms with Crippen LogP contribution in [0.1, 0.15) is 26.3 Å². The Balaban J connectivity index is 2.08. The predicted octanol–water partition coefficient (Wildman–Crippen LogP) is 1.72. The summed E-state index contributed by atoms with van der Waals surface area (Å²) in [5, 5.41) is 3.56. The number of rotatable bonds is 3. The normalized spacial score (nSPS) is 17.8. The van der Waals surface area contributed by atoms with E-state index in [9.17, 15) is 0 Å². The molecule has 1 aromatic heterocycles. The third kappa shape index (κ3) is 4.18. The van der Waals surface area contributed by atoms with Gasteiger partial charge in [-0.25, -0.2) is 0 Å². The van der Waals surface area contributed by atoms with Gasteiger partial charge in [0.1, 0.15) is 0 Å². The lowest BCUT2D eigenvalue weighted by Crippen LogP contribution is -2.45. The molecular formula is C15H26N4. The summed E-state index contributed by atoms with van der Waals surface area (Å²) in [6, 6.07) is 2.13. The van der Waals surface area contributed by atoms with Crippen LogP contribution < -0.4 is 10.2 Å². The Hall–Kier alpha value is -1.13. The van der Waals surface area contributed by atoms with Crippen molar-refractivity contribution in [3.63, 3.8) is 0 Å². The van der Waals surface area contributed by atoms with Crippen LogP contribution in [0.5, 0.6) is 0 Å². The SMILES string of the molecule is CN1CCN(c2cnccc2CNC(C)(C)C)CC1. The standard InChI is InChI=1S/C15H26N4/c1-15(2,3)17-11-13-5-6-16-12-14(13)19-9-7-18(4)8-10-19/h5-6,12,17H,7-11H2,1-4H3. The Morgan fingerprint density at radius 1 is 1.21 bits per heavy atom. The van der Waals surface area contributed by atoms with E-state index in [4.69, 9.17) is 0 Å². The minimum Gasteiger partial charge on any atom is -0.367 e. The van der Waals surface area contributed by atoms with Crippen LogP contribution in [-0.2, 0) is 6.54 Å². The number of hydrogen-bond acceptors (Lipinski definition) is 4. The van der Waals surface area contributed by atoms with Crippen LogP contribution in [0, 0.1) is 0 Å². The molecule has 0 bridgehead atoms. The van der Waals surface area contributed by atoms with Crippen molar-refractivity contribution >= 4 is 5.69 Å². The number of piperazine rings is 1. The van der Waals surface area contributed by atoms with Gasteiger partial charge >= 0.3 is 0 Å².